The number of hydrogen-bond acceptors (Lipinski definition) is 4. The van der Waals surface area contributed by atoms with Crippen LogP contribution in [-0.2, 0) is 13.6 Å². The second kappa shape index (κ2) is 10.1. The summed E-state index contributed by atoms with van der Waals surface area (Å²) in [5.74, 6) is -0.286. The van der Waals surface area contributed by atoms with Gasteiger partial charge in [-0.2, -0.15) is 0 Å². The monoisotopic (exact) mass is 512 g/mol. The number of rotatable bonds is 5. The lowest BCUT2D eigenvalue weighted by atomic mass is 9.98. The van der Waals surface area contributed by atoms with E-state index >= 15 is 0 Å². The number of nitrogens with one attached hydrogen (secondary N) is 2. The highest BCUT2D eigenvalue weighted by Crippen LogP contribution is 2.29. The molecule has 4 aromatic rings. The molecule has 8 heteroatoms. The maximum Gasteiger partial charge on any atom is 0.329 e. The van der Waals surface area contributed by atoms with Crippen LogP contribution in [0, 0.1) is 26.8 Å². The second-order valence-corrected chi connectivity index (χ2v) is 10.5. The Morgan fingerprint density at radius 1 is 1.00 bits per heavy atom. The Hall–Kier alpha value is -3.91. The minimum Gasteiger partial charge on any atom is -0.348 e. The smallest absolute Gasteiger partial charge is 0.329 e. The number of nitrogens with zero attached hydrogens (tertiary/aromatic N) is 3. The maximum absolute atomic E-state index is 13.2. The van der Waals surface area contributed by atoms with Gasteiger partial charge in [0.05, 0.1) is 16.6 Å². The van der Waals surface area contributed by atoms with Crippen LogP contribution in [0.3, 0.4) is 0 Å². The minimum absolute atomic E-state index is 0.000965. The molecule has 1 radical (unpaired) electrons. The zero-order valence-electron chi connectivity index (χ0n) is 22.6. The molecule has 0 saturated carbocycles. The predicted molar refractivity (Wildman–Crippen MR) is 150 cm³/mol. The fraction of sp³-hybridized carbons (Fsp3) is 0.367. The molecular formula is C30H34N5O3. The third-order valence-corrected chi connectivity index (χ3v) is 7.75. The lowest BCUT2D eigenvalue weighted by Gasteiger charge is -2.29. The molecule has 1 aliphatic rings. The molecule has 1 amide bonds. The highest BCUT2D eigenvalue weighted by molar-refractivity contribution is 5.96. The zero-order chi connectivity index (χ0) is 27.1. The molecule has 2 aromatic carbocycles. The van der Waals surface area contributed by atoms with Gasteiger partial charge in [0.25, 0.3) is 11.5 Å². The molecule has 0 atom stereocenters. The van der Waals surface area contributed by atoms with Crippen molar-refractivity contribution in [1.82, 2.24) is 24.3 Å². The summed E-state index contributed by atoms with van der Waals surface area (Å²) in [6.45, 7) is 7.66. The van der Waals surface area contributed by atoms with Crippen molar-refractivity contribution in [2.45, 2.75) is 46.2 Å². The molecule has 5 rings (SSSR count). The number of carbonyl (C=O) groups is 1. The average Bonchev–Trinajstić information content (AvgIpc) is 3.13. The van der Waals surface area contributed by atoms with Crippen LogP contribution in [0.5, 0.6) is 0 Å². The van der Waals surface area contributed by atoms with Crippen molar-refractivity contribution < 1.29 is 4.79 Å². The molecule has 1 aliphatic heterocycles. The van der Waals surface area contributed by atoms with E-state index in [2.05, 4.69) is 28.3 Å². The molecule has 0 bridgehead atoms. The molecule has 1 fully saturated rings. The normalized spacial score (nSPS) is 14.8. The van der Waals surface area contributed by atoms with Crippen LogP contribution >= 0.6 is 0 Å². The average molecular weight is 513 g/mol. The number of pyridine rings is 1. The van der Waals surface area contributed by atoms with Crippen molar-refractivity contribution in [2.75, 3.05) is 20.1 Å². The Labute approximate surface area is 221 Å². The van der Waals surface area contributed by atoms with Crippen molar-refractivity contribution in [1.29, 1.82) is 0 Å². The van der Waals surface area contributed by atoms with E-state index in [0.717, 1.165) is 64.9 Å². The first kappa shape index (κ1) is 25.7. The Kier molecular flexibility index (Phi) is 6.84. The van der Waals surface area contributed by atoms with E-state index in [0.29, 0.717) is 11.1 Å². The van der Waals surface area contributed by atoms with Gasteiger partial charge in [-0.25, -0.2) is 4.79 Å². The Morgan fingerprint density at radius 2 is 1.74 bits per heavy atom. The number of H-pyrrole nitrogens is 1. The Morgan fingerprint density at radius 3 is 2.45 bits per heavy atom. The molecule has 0 unspecified atom stereocenters. The standard InChI is InChI=1S/C30H34N5O3/c1-18-6-7-21(15-24(18)28(36)31-17-25-19(2)14-20(3)32-29(25)37)22-8-9-26-27(16-22)34(5)30(38)35(26)23-10-12-33(4)13-11-23/h6-9,14,16,23H,10-13,17H2,1-5H3,(H,31,36)(H,32,37). The molecule has 8 nitrogen and oxygen atoms in total. The third kappa shape index (κ3) is 4.72. The van der Waals surface area contributed by atoms with Gasteiger partial charge < -0.3 is 15.2 Å². The predicted octanol–water partition coefficient (Wildman–Crippen LogP) is 3.62. The maximum atomic E-state index is 13.2. The number of piperidine rings is 1. The van der Waals surface area contributed by atoms with E-state index in [1.165, 1.54) is 0 Å². The van der Waals surface area contributed by atoms with Crippen molar-refractivity contribution in [3.63, 3.8) is 0 Å². The number of imidazole rings is 1. The fourth-order valence-electron chi connectivity index (χ4n) is 5.47. The van der Waals surface area contributed by atoms with Gasteiger partial charge in [-0.1, -0.05) is 18.2 Å². The molecule has 0 spiro atoms. The van der Waals surface area contributed by atoms with E-state index in [-0.39, 0.29) is 29.7 Å². The molecule has 0 aliphatic carbocycles. The first-order valence-corrected chi connectivity index (χ1v) is 13.0. The number of aromatic nitrogens is 3. The van der Waals surface area contributed by atoms with E-state index in [4.69, 9.17) is 0 Å². The summed E-state index contributed by atoms with van der Waals surface area (Å²) < 4.78 is 3.65. The second-order valence-electron chi connectivity index (χ2n) is 10.5. The SMILES string of the molecule is Cc1cc(C)c(CNC(=O)c2[c]c(-c3ccc4c(c3)n(C)c(=O)n4C3CCN(C)CC3)ccc2C)c(=O)[nH]1. The van der Waals surface area contributed by atoms with E-state index < -0.39 is 0 Å². The van der Waals surface area contributed by atoms with Gasteiger partial charge in [-0.05, 0) is 94.2 Å². The van der Waals surface area contributed by atoms with Gasteiger partial charge >= 0.3 is 5.69 Å². The summed E-state index contributed by atoms with van der Waals surface area (Å²) >= 11 is 0. The summed E-state index contributed by atoms with van der Waals surface area (Å²) in [6.07, 6.45) is 1.91. The van der Waals surface area contributed by atoms with Gasteiger partial charge in [0, 0.05) is 37.0 Å². The van der Waals surface area contributed by atoms with Crippen molar-refractivity contribution in [3.8, 4) is 11.1 Å². The summed E-state index contributed by atoms with van der Waals surface area (Å²) in [6, 6.07) is 15.2. The van der Waals surface area contributed by atoms with E-state index in [1.54, 1.807) is 4.57 Å². The number of amides is 1. The highest BCUT2D eigenvalue weighted by atomic mass is 16.2. The number of carbonyl (C=O) groups excluding carboxylic acids is 1. The summed E-state index contributed by atoms with van der Waals surface area (Å²) in [7, 11) is 3.93. The quantitative estimate of drug-likeness (QED) is 0.427. The topological polar surface area (TPSA) is 92.1 Å². The Balaban J connectivity index is 1.44. The van der Waals surface area contributed by atoms with Crippen molar-refractivity contribution >= 4 is 16.9 Å². The molecule has 2 N–H and O–H groups in total. The van der Waals surface area contributed by atoms with Crippen LogP contribution in [0.2, 0.25) is 0 Å². The van der Waals surface area contributed by atoms with Gasteiger partial charge in [0.2, 0.25) is 0 Å². The molecule has 2 aromatic heterocycles. The van der Waals surface area contributed by atoms with Crippen LogP contribution < -0.4 is 16.6 Å². The lowest BCUT2D eigenvalue weighted by molar-refractivity contribution is 0.0950. The van der Waals surface area contributed by atoms with Crippen LogP contribution in [-0.4, -0.2) is 45.1 Å². The first-order chi connectivity index (χ1) is 18.1. The largest absolute Gasteiger partial charge is 0.348 e. The highest BCUT2D eigenvalue weighted by Gasteiger charge is 2.23. The fourth-order valence-corrected chi connectivity index (χ4v) is 5.47. The Bertz CT molecular complexity index is 1650. The van der Waals surface area contributed by atoms with Gasteiger partial charge in [0.1, 0.15) is 0 Å². The summed E-state index contributed by atoms with van der Waals surface area (Å²) in [5.41, 5.74) is 6.65. The number of fused-ring (bicyclic) bond motifs is 1. The van der Waals surface area contributed by atoms with Crippen LogP contribution in [0.15, 0.2) is 46.0 Å². The summed E-state index contributed by atoms with van der Waals surface area (Å²) in [5, 5.41) is 2.88. The third-order valence-electron chi connectivity index (χ3n) is 7.75. The number of benzene rings is 2. The van der Waals surface area contributed by atoms with Gasteiger partial charge in [0.15, 0.2) is 0 Å². The summed E-state index contributed by atoms with van der Waals surface area (Å²) in [4.78, 5) is 43.7. The number of aryl methyl sites for hydroxylation is 4. The number of hydrogen-bond donors (Lipinski definition) is 2. The van der Waals surface area contributed by atoms with Crippen molar-refractivity contribution in [3.05, 3.63) is 91.3 Å². The van der Waals surface area contributed by atoms with E-state index in [9.17, 15) is 14.4 Å². The first-order valence-electron chi connectivity index (χ1n) is 13.0. The van der Waals surface area contributed by atoms with Gasteiger partial charge in [-0.3, -0.25) is 18.7 Å². The van der Waals surface area contributed by atoms with E-state index in [1.807, 2.05) is 68.8 Å². The van der Waals surface area contributed by atoms with Gasteiger partial charge in [-0.15, -0.1) is 0 Å². The zero-order valence-corrected chi connectivity index (χ0v) is 22.6. The van der Waals surface area contributed by atoms with Crippen LogP contribution in [0.25, 0.3) is 22.2 Å². The molecule has 3 heterocycles. The molecule has 197 valence electrons. The number of aromatic amines is 1. The van der Waals surface area contributed by atoms with Crippen molar-refractivity contribution in [2.24, 2.45) is 7.05 Å². The van der Waals surface area contributed by atoms with Crippen LogP contribution in [0.4, 0.5) is 0 Å². The van der Waals surface area contributed by atoms with Crippen LogP contribution in [0.1, 0.15) is 51.6 Å². The minimum atomic E-state index is -0.286. The molecule has 38 heavy (non-hydrogen) atoms. The molecular weight excluding hydrogens is 478 g/mol. The molecule has 1 saturated heterocycles. The number of likely N-dealkylation sites (tertiary alicyclic amines) is 1. The lowest BCUT2D eigenvalue weighted by Crippen LogP contribution is -2.35.